The van der Waals surface area contributed by atoms with Gasteiger partial charge in [0.25, 0.3) is 0 Å². The summed E-state index contributed by atoms with van der Waals surface area (Å²) in [6.07, 6.45) is 0.382. The zero-order valence-corrected chi connectivity index (χ0v) is 14.8. The molecule has 0 radical (unpaired) electrons. The zero-order valence-electron chi connectivity index (χ0n) is 14.8. The van der Waals surface area contributed by atoms with E-state index < -0.39 is 18.0 Å². The molecule has 1 aliphatic heterocycles. The first-order chi connectivity index (χ1) is 12.4. The minimum Gasteiger partial charge on any atom is -0.353 e. The quantitative estimate of drug-likeness (QED) is 0.883. The molecule has 3 rings (SSSR count). The topological polar surface area (TPSA) is 45.2 Å². The van der Waals surface area contributed by atoms with Crippen LogP contribution in [0.1, 0.15) is 44.2 Å². The summed E-state index contributed by atoms with van der Waals surface area (Å²) < 4.78 is 38.7. The third-order valence-corrected chi connectivity index (χ3v) is 5.55. The molecule has 26 heavy (non-hydrogen) atoms. The Kier molecular flexibility index (Phi) is 6.16. The summed E-state index contributed by atoms with van der Waals surface area (Å²) in [6, 6.07) is 5.91. The maximum atomic E-state index is 12.9. The lowest BCUT2D eigenvalue weighted by Crippen LogP contribution is -2.47. The molecule has 4 nitrogen and oxygen atoms in total. The molecule has 2 atom stereocenters. The van der Waals surface area contributed by atoms with Gasteiger partial charge in [-0.1, -0.05) is 12.5 Å². The molecule has 0 aromatic carbocycles. The van der Waals surface area contributed by atoms with Crippen LogP contribution in [0.3, 0.4) is 0 Å². The molecular weight excluding hydrogens is 343 g/mol. The van der Waals surface area contributed by atoms with E-state index in [1.165, 1.54) is 0 Å². The molecule has 2 fully saturated rings. The second kappa shape index (κ2) is 8.37. The fourth-order valence-electron chi connectivity index (χ4n) is 4.00. The summed E-state index contributed by atoms with van der Waals surface area (Å²) in [5, 5.41) is 3.00. The first kappa shape index (κ1) is 19.1. The average Bonchev–Trinajstić information content (AvgIpc) is 2.63. The van der Waals surface area contributed by atoms with Crippen molar-refractivity contribution in [2.45, 2.75) is 57.3 Å². The number of carbonyl (C=O) groups excluding carboxylic acids is 1. The second-order valence-electron chi connectivity index (χ2n) is 7.48. The van der Waals surface area contributed by atoms with Gasteiger partial charge in [0.2, 0.25) is 5.91 Å². The number of nitrogens with zero attached hydrogens (tertiary/aromatic N) is 2. The number of halogens is 3. The van der Waals surface area contributed by atoms with E-state index in [9.17, 15) is 18.0 Å². The number of amides is 1. The lowest BCUT2D eigenvalue weighted by atomic mass is 9.80. The number of piperidine rings is 1. The molecular formula is C19H26F3N3O. The van der Waals surface area contributed by atoms with Crippen molar-refractivity contribution in [2.75, 3.05) is 13.1 Å². The van der Waals surface area contributed by atoms with Crippen LogP contribution in [0.15, 0.2) is 24.4 Å². The van der Waals surface area contributed by atoms with Crippen LogP contribution in [-0.4, -0.2) is 41.1 Å². The van der Waals surface area contributed by atoms with Gasteiger partial charge in [-0.05, 0) is 44.2 Å². The molecule has 1 aromatic heterocycles. The average molecular weight is 369 g/mol. The maximum absolute atomic E-state index is 12.9. The van der Waals surface area contributed by atoms with E-state index in [0.29, 0.717) is 12.8 Å². The zero-order chi connectivity index (χ0) is 18.6. The lowest BCUT2D eigenvalue weighted by molar-refractivity contribution is -0.186. The Hall–Kier alpha value is -1.63. The van der Waals surface area contributed by atoms with Gasteiger partial charge in [0, 0.05) is 37.8 Å². The number of rotatable bonds is 4. The van der Waals surface area contributed by atoms with Crippen molar-refractivity contribution >= 4 is 5.91 Å². The predicted octanol–water partition coefficient (Wildman–Crippen LogP) is 3.53. The minimum atomic E-state index is -4.18. The highest BCUT2D eigenvalue weighted by atomic mass is 19.4. The van der Waals surface area contributed by atoms with E-state index >= 15 is 0 Å². The number of likely N-dealkylation sites (tertiary alicyclic amines) is 1. The van der Waals surface area contributed by atoms with Crippen LogP contribution in [0.5, 0.6) is 0 Å². The van der Waals surface area contributed by atoms with Crippen molar-refractivity contribution in [3.63, 3.8) is 0 Å². The van der Waals surface area contributed by atoms with Gasteiger partial charge in [0.1, 0.15) is 0 Å². The van der Waals surface area contributed by atoms with Crippen molar-refractivity contribution in [3.8, 4) is 0 Å². The summed E-state index contributed by atoms with van der Waals surface area (Å²) >= 11 is 0. The Morgan fingerprint density at radius 2 is 1.96 bits per heavy atom. The number of aromatic nitrogens is 1. The number of nitrogens with one attached hydrogen (secondary N) is 1. The van der Waals surface area contributed by atoms with Crippen LogP contribution in [-0.2, 0) is 11.3 Å². The Bertz CT molecular complexity index is 585. The highest BCUT2D eigenvalue weighted by Gasteiger charge is 2.43. The van der Waals surface area contributed by atoms with Crippen LogP contribution < -0.4 is 5.32 Å². The third kappa shape index (κ3) is 5.19. The van der Waals surface area contributed by atoms with E-state index in [1.54, 1.807) is 6.20 Å². The summed E-state index contributed by atoms with van der Waals surface area (Å²) in [6.45, 7) is 2.51. The third-order valence-electron chi connectivity index (χ3n) is 5.55. The molecule has 0 spiro atoms. The molecule has 1 aromatic rings. The van der Waals surface area contributed by atoms with Gasteiger partial charge in [-0.2, -0.15) is 13.2 Å². The van der Waals surface area contributed by atoms with E-state index in [0.717, 1.165) is 38.2 Å². The van der Waals surface area contributed by atoms with Crippen molar-refractivity contribution in [2.24, 2.45) is 11.8 Å². The van der Waals surface area contributed by atoms with Crippen LogP contribution in [0, 0.1) is 11.8 Å². The van der Waals surface area contributed by atoms with Gasteiger partial charge < -0.3 is 5.32 Å². The first-order valence-electron chi connectivity index (χ1n) is 9.41. The minimum absolute atomic E-state index is 0.0617. The Morgan fingerprint density at radius 1 is 1.19 bits per heavy atom. The van der Waals surface area contributed by atoms with Gasteiger partial charge in [-0.25, -0.2) is 0 Å². The standard InChI is InChI=1S/C19H26F3N3O/c20-19(21,22)15-5-3-4-14(12-15)18(26)24-16-7-10-25(11-8-16)13-17-6-1-2-9-23-17/h1-2,6,9,14-16H,3-5,7-8,10-13H2,(H,24,26). The molecule has 1 N–H and O–H groups in total. The molecule has 2 unspecified atom stereocenters. The lowest BCUT2D eigenvalue weighted by Gasteiger charge is -2.34. The van der Waals surface area contributed by atoms with Crippen molar-refractivity contribution in [1.82, 2.24) is 15.2 Å². The molecule has 1 amide bonds. The second-order valence-corrected chi connectivity index (χ2v) is 7.48. The maximum Gasteiger partial charge on any atom is 0.391 e. The van der Waals surface area contributed by atoms with E-state index in [2.05, 4.69) is 15.2 Å². The smallest absolute Gasteiger partial charge is 0.353 e. The summed E-state index contributed by atoms with van der Waals surface area (Å²) in [4.78, 5) is 19.0. The Balaban J connectivity index is 1.43. The fraction of sp³-hybridized carbons (Fsp3) is 0.684. The van der Waals surface area contributed by atoms with Gasteiger partial charge in [0.15, 0.2) is 0 Å². The number of hydrogen-bond acceptors (Lipinski definition) is 3. The molecule has 1 aliphatic carbocycles. The van der Waals surface area contributed by atoms with Gasteiger partial charge in [-0.15, -0.1) is 0 Å². The van der Waals surface area contributed by atoms with Crippen molar-refractivity contribution in [3.05, 3.63) is 30.1 Å². The SMILES string of the molecule is O=C(NC1CCN(Cc2ccccn2)CC1)C1CCCC(C(F)(F)F)C1. The number of pyridine rings is 1. The number of hydrogen-bond donors (Lipinski definition) is 1. The number of carbonyl (C=O) groups is 1. The molecule has 1 saturated heterocycles. The normalized spacial score (nSPS) is 25.8. The van der Waals surface area contributed by atoms with E-state index in [1.807, 2.05) is 18.2 Å². The molecule has 7 heteroatoms. The largest absolute Gasteiger partial charge is 0.391 e. The molecule has 2 heterocycles. The molecule has 2 aliphatic rings. The molecule has 0 bridgehead atoms. The monoisotopic (exact) mass is 369 g/mol. The van der Waals surface area contributed by atoms with Crippen LogP contribution in [0.25, 0.3) is 0 Å². The van der Waals surface area contributed by atoms with E-state index in [-0.39, 0.29) is 24.8 Å². The van der Waals surface area contributed by atoms with Crippen molar-refractivity contribution in [1.29, 1.82) is 0 Å². The first-order valence-corrected chi connectivity index (χ1v) is 9.41. The summed E-state index contributed by atoms with van der Waals surface area (Å²) in [7, 11) is 0. The highest BCUT2D eigenvalue weighted by molar-refractivity contribution is 5.79. The van der Waals surface area contributed by atoms with Gasteiger partial charge in [-0.3, -0.25) is 14.7 Å². The predicted molar refractivity (Wildman–Crippen MR) is 92.2 cm³/mol. The van der Waals surface area contributed by atoms with Gasteiger partial charge >= 0.3 is 6.18 Å². The molecule has 1 saturated carbocycles. The Morgan fingerprint density at radius 3 is 2.62 bits per heavy atom. The fourth-order valence-corrected chi connectivity index (χ4v) is 4.00. The van der Waals surface area contributed by atoms with Gasteiger partial charge in [0.05, 0.1) is 11.6 Å². The van der Waals surface area contributed by atoms with Crippen LogP contribution >= 0.6 is 0 Å². The summed E-state index contributed by atoms with van der Waals surface area (Å²) in [5.41, 5.74) is 1.02. The summed E-state index contributed by atoms with van der Waals surface area (Å²) in [5.74, 6) is -2.02. The number of alkyl halides is 3. The molecule has 144 valence electrons. The highest BCUT2D eigenvalue weighted by Crippen LogP contribution is 2.40. The van der Waals surface area contributed by atoms with E-state index in [4.69, 9.17) is 0 Å². The van der Waals surface area contributed by atoms with Crippen LogP contribution in [0.2, 0.25) is 0 Å². The van der Waals surface area contributed by atoms with Crippen LogP contribution in [0.4, 0.5) is 13.2 Å². The Labute approximate surface area is 152 Å². The van der Waals surface area contributed by atoms with Crippen molar-refractivity contribution < 1.29 is 18.0 Å².